The van der Waals surface area contributed by atoms with Gasteiger partial charge in [-0.3, -0.25) is 4.79 Å². The Morgan fingerprint density at radius 2 is 1.64 bits per heavy atom. The zero-order valence-electron chi connectivity index (χ0n) is 19.3. The molecule has 0 aromatic heterocycles. The number of nitrogens with zero attached hydrogens (tertiary/aromatic N) is 2. The van der Waals surface area contributed by atoms with Gasteiger partial charge in [0.1, 0.15) is 0 Å². The SMILES string of the molecule is CC1(C)C[C@H](CN2C=C(c3ccccc3)C(=O)[C@@]2(O)c2ccccc2C(=O)O)C(C)(C)N1O. The number of carbonyl (C=O) groups excluding carboxylic acids is 1. The number of hydroxylamine groups is 2. The molecule has 2 aliphatic heterocycles. The lowest BCUT2D eigenvalue weighted by atomic mass is 9.85. The fourth-order valence-corrected chi connectivity index (χ4v) is 5.30. The minimum Gasteiger partial charge on any atom is -0.478 e. The lowest BCUT2D eigenvalue weighted by Gasteiger charge is -2.40. The summed E-state index contributed by atoms with van der Waals surface area (Å²) in [6, 6.07) is 15.1. The molecule has 174 valence electrons. The van der Waals surface area contributed by atoms with Gasteiger partial charge in [-0.15, -0.1) is 0 Å². The Labute approximate surface area is 193 Å². The molecular formula is C26H30N2O5. The molecule has 2 aliphatic rings. The molecule has 0 bridgehead atoms. The van der Waals surface area contributed by atoms with Crippen LogP contribution in [0.4, 0.5) is 0 Å². The van der Waals surface area contributed by atoms with Crippen molar-refractivity contribution >= 4 is 17.3 Å². The van der Waals surface area contributed by atoms with E-state index in [-0.39, 0.29) is 23.6 Å². The molecule has 0 amide bonds. The van der Waals surface area contributed by atoms with Crippen LogP contribution in [-0.2, 0) is 10.5 Å². The van der Waals surface area contributed by atoms with Gasteiger partial charge >= 0.3 is 5.97 Å². The van der Waals surface area contributed by atoms with Crippen LogP contribution in [0, 0.1) is 5.92 Å². The van der Waals surface area contributed by atoms with Crippen molar-refractivity contribution in [2.75, 3.05) is 6.54 Å². The molecule has 2 atom stereocenters. The predicted molar refractivity (Wildman–Crippen MR) is 123 cm³/mol. The summed E-state index contributed by atoms with van der Waals surface area (Å²) in [5.74, 6) is -1.90. The maximum Gasteiger partial charge on any atom is 0.336 e. The van der Waals surface area contributed by atoms with E-state index < -0.39 is 28.6 Å². The van der Waals surface area contributed by atoms with Crippen LogP contribution in [0.1, 0.15) is 55.6 Å². The summed E-state index contributed by atoms with van der Waals surface area (Å²) in [7, 11) is 0. The minimum atomic E-state index is -2.18. The second-order valence-electron chi connectivity index (χ2n) is 10.1. The normalized spacial score (nSPS) is 26.5. The van der Waals surface area contributed by atoms with Crippen LogP contribution in [0.3, 0.4) is 0 Å². The van der Waals surface area contributed by atoms with E-state index in [0.717, 1.165) is 0 Å². The Balaban J connectivity index is 1.84. The summed E-state index contributed by atoms with van der Waals surface area (Å²) < 4.78 is 0. The highest BCUT2D eigenvalue weighted by atomic mass is 16.5. The first-order valence-corrected chi connectivity index (χ1v) is 11.0. The van der Waals surface area contributed by atoms with Gasteiger partial charge in [-0.05, 0) is 51.7 Å². The number of aliphatic hydroxyl groups is 1. The van der Waals surface area contributed by atoms with Crippen molar-refractivity contribution in [3.63, 3.8) is 0 Å². The fraction of sp³-hybridized carbons (Fsp3) is 0.385. The highest BCUT2D eigenvalue weighted by molar-refractivity contribution is 6.26. The third-order valence-corrected chi connectivity index (χ3v) is 7.16. The summed E-state index contributed by atoms with van der Waals surface area (Å²) in [5, 5.41) is 33.8. The molecule has 0 spiro atoms. The maximum absolute atomic E-state index is 13.7. The Morgan fingerprint density at radius 3 is 2.21 bits per heavy atom. The third kappa shape index (κ3) is 3.57. The van der Waals surface area contributed by atoms with Gasteiger partial charge in [-0.1, -0.05) is 48.5 Å². The molecule has 7 nitrogen and oxygen atoms in total. The van der Waals surface area contributed by atoms with E-state index in [0.29, 0.717) is 17.6 Å². The van der Waals surface area contributed by atoms with Crippen molar-refractivity contribution in [2.45, 2.75) is 50.9 Å². The van der Waals surface area contributed by atoms with Gasteiger partial charge in [0.05, 0.1) is 5.56 Å². The van der Waals surface area contributed by atoms with E-state index in [4.69, 9.17) is 0 Å². The third-order valence-electron chi connectivity index (χ3n) is 7.16. The van der Waals surface area contributed by atoms with Crippen LogP contribution in [0.5, 0.6) is 0 Å². The fourth-order valence-electron chi connectivity index (χ4n) is 5.30. The molecule has 2 aromatic carbocycles. The zero-order valence-corrected chi connectivity index (χ0v) is 19.3. The molecule has 1 fully saturated rings. The smallest absolute Gasteiger partial charge is 0.336 e. The molecule has 0 unspecified atom stereocenters. The van der Waals surface area contributed by atoms with Crippen LogP contribution in [0.15, 0.2) is 60.8 Å². The molecule has 0 aliphatic carbocycles. The van der Waals surface area contributed by atoms with Crippen molar-refractivity contribution in [2.24, 2.45) is 5.92 Å². The Morgan fingerprint density at radius 1 is 1.03 bits per heavy atom. The first-order chi connectivity index (χ1) is 15.4. The standard InChI is InChI=1S/C26H30N2O5/c1-24(2)14-18(25(3,4)28(24)33)15-27-16-20(17-10-6-5-7-11-17)22(29)26(27,32)21-13-9-8-12-19(21)23(30)31/h5-13,16,18,32-33H,14-15H2,1-4H3,(H,30,31)/t18-,26+/m1/s1. The number of Topliss-reactive ketones (excluding diaryl/α,β-unsaturated/α-hetero) is 1. The van der Waals surface area contributed by atoms with Crippen LogP contribution >= 0.6 is 0 Å². The summed E-state index contributed by atoms with van der Waals surface area (Å²) in [6.07, 6.45) is 2.26. The van der Waals surface area contributed by atoms with Crippen molar-refractivity contribution in [1.82, 2.24) is 9.96 Å². The van der Waals surface area contributed by atoms with Gasteiger partial charge in [0.25, 0.3) is 0 Å². The average Bonchev–Trinajstić information content (AvgIpc) is 3.12. The minimum absolute atomic E-state index is 0.0283. The van der Waals surface area contributed by atoms with Gasteiger partial charge < -0.3 is 20.3 Å². The van der Waals surface area contributed by atoms with Crippen LogP contribution in [0.25, 0.3) is 5.57 Å². The van der Waals surface area contributed by atoms with Gasteiger partial charge in [0.15, 0.2) is 0 Å². The Hall–Kier alpha value is -3.00. The average molecular weight is 451 g/mol. The number of benzene rings is 2. The number of carboxylic acid groups (broad SMARTS) is 1. The molecule has 4 rings (SSSR count). The molecule has 3 N–H and O–H groups in total. The first-order valence-electron chi connectivity index (χ1n) is 11.0. The second-order valence-corrected chi connectivity index (χ2v) is 10.1. The number of aromatic carboxylic acids is 1. The van der Waals surface area contributed by atoms with Gasteiger partial charge in [0, 0.05) is 35.0 Å². The van der Waals surface area contributed by atoms with E-state index >= 15 is 0 Å². The number of carboxylic acids is 1. The van der Waals surface area contributed by atoms with E-state index in [1.165, 1.54) is 17.2 Å². The summed E-state index contributed by atoms with van der Waals surface area (Å²) in [4.78, 5) is 27.2. The number of rotatable bonds is 5. The van der Waals surface area contributed by atoms with Crippen molar-refractivity contribution in [1.29, 1.82) is 0 Å². The second kappa shape index (κ2) is 7.80. The van der Waals surface area contributed by atoms with Crippen molar-refractivity contribution in [3.8, 4) is 0 Å². The topological polar surface area (TPSA) is 101 Å². The summed E-state index contributed by atoms with van der Waals surface area (Å²) in [6.45, 7) is 7.99. The largest absolute Gasteiger partial charge is 0.478 e. The highest BCUT2D eigenvalue weighted by Gasteiger charge is 2.56. The molecule has 0 radical (unpaired) electrons. The van der Waals surface area contributed by atoms with Gasteiger partial charge in [-0.25, -0.2) is 4.79 Å². The van der Waals surface area contributed by atoms with E-state index in [1.54, 1.807) is 35.4 Å². The molecule has 2 heterocycles. The van der Waals surface area contributed by atoms with Crippen molar-refractivity contribution in [3.05, 3.63) is 77.5 Å². The van der Waals surface area contributed by atoms with E-state index in [1.807, 2.05) is 45.9 Å². The quantitative estimate of drug-likeness (QED) is 0.638. The monoisotopic (exact) mass is 450 g/mol. The zero-order chi connectivity index (χ0) is 24.2. The van der Waals surface area contributed by atoms with Crippen LogP contribution in [0.2, 0.25) is 0 Å². The van der Waals surface area contributed by atoms with Gasteiger partial charge in [0.2, 0.25) is 11.5 Å². The van der Waals surface area contributed by atoms with E-state index in [2.05, 4.69) is 0 Å². The molecular weight excluding hydrogens is 420 g/mol. The maximum atomic E-state index is 13.7. The molecule has 1 saturated heterocycles. The van der Waals surface area contributed by atoms with Crippen molar-refractivity contribution < 1.29 is 25.0 Å². The first kappa shape index (κ1) is 23.2. The Bertz CT molecular complexity index is 1120. The molecule has 33 heavy (non-hydrogen) atoms. The summed E-state index contributed by atoms with van der Waals surface area (Å²) >= 11 is 0. The Kier molecular flexibility index (Phi) is 5.47. The summed E-state index contributed by atoms with van der Waals surface area (Å²) in [5.41, 5.74) is -2.43. The lowest BCUT2D eigenvalue weighted by Crippen LogP contribution is -2.52. The molecule has 7 heteroatoms. The highest BCUT2D eigenvalue weighted by Crippen LogP contribution is 2.47. The lowest BCUT2D eigenvalue weighted by molar-refractivity contribution is -0.198. The van der Waals surface area contributed by atoms with Crippen LogP contribution < -0.4 is 0 Å². The molecule has 2 aromatic rings. The number of hydrogen-bond donors (Lipinski definition) is 3. The number of ketones is 1. The van der Waals surface area contributed by atoms with Crippen LogP contribution in [-0.4, -0.2) is 54.8 Å². The predicted octanol–water partition coefficient (Wildman–Crippen LogP) is 3.72. The number of carbonyl (C=O) groups is 2. The molecule has 0 saturated carbocycles. The van der Waals surface area contributed by atoms with Gasteiger partial charge in [-0.2, -0.15) is 5.06 Å². The number of hydrogen-bond acceptors (Lipinski definition) is 6. The van der Waals surface area contributed by atoms with E-state index in [9.17, 15) is 25.0 Å².